The van der Waals surface area contributed by atoms with Crippen molar-refractivity contribution in [2.24, 2.45) is 10.9 Å². The van der Waals surface area contributed by atoms with Gasteiger partial charge in [-0.05, 0) is 98.5 Å². The van der Waals surface area contributed by atoms with Gasteiger partial charge in [-0.25, -0.2) is 14.5 Å². The Bertz CT molecular complexity index is 2500. The van der Waals surface area contributed by atoms with Crippen LogP contribution in [0.15, 0.2) is 119 Å². The van der Waals surface area contributed by atoms with Crippen LogP contribution in [-0.2, 0) is 17.5 Å². The molecule has 1 aliphatic carbocycles. The number of fused-ring (bicyclic) bond motifs is 4. The highest BCUT2D eigenvalue weighted by Crippen LogP contribution is 2.44. The van der Waals surface area contributed by atoms with Gasteiger partial charge in [-0.2, -0.15) is 26.3 Å². The number of alkyl halides is 6. The molecule has 3 amide bonds. The van der Waals surface area contributed by atoms with Gasteiger partial charge in [0.1, 0.15) is 11.6 Å². The fourth-order valence-corrected chi connectivity index (χ4v) is 7.84. The van der Waals surface area contributed by atoms with E-state index < -0.39 is 29.9 Å². The van der Waals surface area contributed by atoms with Crippen molar-refractivity contribution in [1.29, 1.82) is 0 Å². The van der Waals surface area contributed by atoms with Crippen LogP contribution in [0.25, 0.3) is 16.9 Å². The van der Waals surface area contributed by atoms with E-state index in [1.54, 1.807) is 72.6 Å². The molecular weight excluding hydrogens is 777 g/mol. The molecule has 1 fully saturated rings. The Morgan fingerprint density at radius 1 is 0.983 bits per heavy atom. The van der Waals surface area contributed by atoms with Gasteiger partial charge in [0.05, 0.1) is 47.1 Å². The fourth-order valence-electron chi connectivity index (χ4n) is 7.84. The quantitative estimate of drug-likeness (QED) is 0.163. The molecule has 2 aromatic carbocycles. The SMILES string of the molecule is CC1=CC(C)=C(/C=C2/C=CC(CCC(=O)NCc3cn(-c4cccc(NC(=O)N5c6nc(-c7cccc(C(F)(F)F)c7)ccc6N6CC[C@H]5C6)c4)nn3)=N2)C1C(F)(F)F. The number of urea groups is 1. The van der Waals surface area contributed by atoms with E-state index >= 15 is 0 Å². The van der Waals surface area contributed by atoms with Gasteiger partial charge in [0.2, 0.25) is 5.91 Å². The number of hydrogen-bond donors (Lipinski definition) is 2. The van der Waals surface area contributed by atoms with Crippen LogP contribution in [0.3, 0.4) is 0 Å². The monoisotopic (exact) mass is 813 g/mol. The van der Waals surface area contributed by atoms with E-state index in [1.165, 1.54) is 29.8 Å². The minimum Gasteiger partial charge on any atom is -0.366 e. The van der Waals surface area contributed by atoms with Gasteiger partial charge in [0.25, 0.3) is 0 Å². The number of carbonyl (C=O) groups is 2. The molecule has 2 bridgehead atoms. The number of rotatable bonds is 9. The van der Waals surface area contributed by atoms with E-state index in [0.717, 1.165) is 17.8 Å². The Morgan fingerprint density at radius 2 is 1.80 bits per heavy atom. The number of nitrogens with zero attached hydrogens (tertiary/aromatic N) is 7. The summed E-state index contributed by atoms with van der Waals surface area (Å²) in [7, 11) is 0. The van der Waals surface area contributed by atoms with Crippen molar-refractivity contribution in [1.82, 2.24) is 25.3 Å². The minimum absolute atomic E-state index is 0.0869. The molecule has 2 aromatic heterocycles. The third-order valence-electron chi connectivity index (χ3n) is 10.6. The number of anilines is 3. The Kier molecular flexibility index (Phi) is 10.2. The summed E-state index contributed by atoms with van der Waals surface area (Å²) in [6.45, 7) is 4.50. The standard InChI is InChI=1S/C42H37F6N9O2/c1-24-17-25(2)38(42(46,47)48)34(24)20-30-10-9-28(50-30)11-14-37(58)49-21-31-22-56(54-53-31)32-8-4-7-29(19-32)51-40(59)57-33-15-16-55(23-33)36-13-12-35(52-39(36)57)26-5-3-6-27(18-26)41(43,44)45/h3-10,12-13,17-20,22,33,38H,11,14-16,21,23H2,1-2H3,(H,49,58)(H,51,59)/b30-20-/t33-,38?/m0/s1. The van der Waals surface area contributed by atoms with Crippen molar-refractivity contribution >= 4 is 34.8 Å². The van der Waals surface area contributed by atoms with Crippen molar-refractivity contribution in [3.63, 3.8) is 0 Å². The highest BCUT2D eigenvalue weighted by atomic mass is 19.4. The summed E-state index contributed by atoms with van der Waals surface area (Å²) in [5.74, 6) is -1.57. The van der Waals surface area contributed by atoms with Gasteiger partial charge >= 0.3 is 18.4 Å². The summed E-state index contributed by atoms with van der Waals surface area (Å²) >= 11 is 0. The number of halogens is 6. The molecule has 2 N–H and O–H groups in total. The Hall–Kier alpha value is -6.52. The molecule has 4 aromatic rings. The summed E-state index contributed by atoms with van der Waals surface area (Å²) in [5, 5.41) is 14.1. The molecule has 1 saturated heterocycles. The van der Waals surface area contributed by atoms with Crippen molar-refractivity contribution in [2.75, 3.05) is 28.2 Å². The van der Waals surface area contributed by atoms with Crippen LogP contribution in [0.5, 0.6) is 0 Å². The van der Waals surface area contributed by atoms with Crippen LogP contribution in [0, 0.1) is 5.92 Å². The summed E-state index contributed by atoms with van der Waals surface area (Å²) in [4.78, 5) is 39.4. The zero-order valence-electron chi connectivity index (χ0n) is 31.8. The lowest BCUT2D eigenvalue weighted by atomic mass is 9.94. The third-order valence-corrected chi connectivity index (χ3v) is 10.6. The number of benzene rings is 2. The van der Waals surface area contributed by atoms with E-state index in [0.29, 0.717) is 65.1 Å². The maximum Gasteiger partial charge on any atom is 0.416 e. The van der Waals surface area contributed by atoms with Gasteiger partial charge in [-0.3, -0.25) is 14.7 Å². The molecule has 59 heavy (non-hydrogen) atoms. The maximum atomic E-state index is 13.9. The molecule has 2 atom stereocenters. The van der Waals surface area contributed by atoms with Crippen LogP contribution >= 0.6 is 0 Å². The molecular formula is C42H37F6N9O2. The van der Waals surface area contributed by atoms with E-state index in [4.69, 9.17) is 4.98 Å². The first-order chi connectivity index (χ1) is 28.1. The highest BCUT2D eigenvalue weighted by molar-refractivity contribution is 6.05. The average molecular weight is 814 g/mol. The van der Waals surface area contributed by atoms with Gasteiger partial charge in [0, 0.05) is 36.5 Å². The van der Waals surface area contributed by atoms with E-state index in [9.17, 15) is 35.9 Å². The Labute approximate surface area is 334 Å². The van der Waals surface area contributed by atoms with Crippen LogP contribution in [-0.4, -0.2) is 62.9 Å². The van der Waals surface area contributed by atoms with Crippen LogP contribution in [0.4, 0.5) is 48.3 Å². The number of allylic oxidation sites excluding steroid dienone is 7. The third kappa shape index (κ3) is 8.27. The number of aromatic nitrogens is 4. The van der Waals surface area contributed by atoms with Crippen molar-refractivity contribution < 1.29 is 35.9 Å². The predicted octanol–water partition coefficient (Wildman–Crippen LogP) is 8.72. The summed E-state index contributed by atoms with van der Waals surface area (Å²) in [6.07, 6.45) is 0.130. The van der Waals surface area contributed by atoms with Gasteiger partial charge in [-0.1, -0.05) is 35.1 Å². The second-order valence-electron chi connectivity index (χ2n) is 14.8. The first-order valence-electron chi connectivity index (χ1n) is 18.9. The van der Waals surface area contributed by atoms with Crippen LogP contribution in [0.2, 0.25) is 0 Å². The number of carbonyl (C=O) groups excluding carboxylic acids is 2. The molecule has 3 aliphatic heterocycles. The first kappa shape index (κ1) is 39.3. The minimum atomic E-state index is -4.51. The number of aliphatic imine (C=N–C) groups is 1. The van der Waals surface area contributed by atoms with Gasteiger partial charge < -0.3 is 15.5 Å². The fraction of sp³-hybridized carbons (Fsp3) is 0.286. The lowest BCUT2D eigenvalue weighted by molar-refractivity contribution is -0.152. The second-order valence-corrected chi connectivity index (χ2v) is 14.8. The van der Waals surface area contributed by atoms with Gasteiger partial charge in [0.15, 0.2) is 5.82 Å². The topological polar surface area (TPSA) is 121 Å². The normalized spacial score (nSPS) is 19.4. The van der Waals surface area contributed by atoms with E-state index in [1.807, 2.05) is 0 Å². The zero-order chi connectivity index (χ0) is 41.6. The van der Waals surface area contributed by atoms with Crippen LogP contribution < -0.4 is 20.4 Å². The molecule has 5 heterocycles. The molecule has 0 spiro atoms. The smallest absolute Gasteiger partial charge is 0.366 e. The number of hydrogen-bond acceptors (Lipinski definition) is 7. The van der Waals surface area contributed by atoms with Crippen molar-refractivity contribution in [2.45, 2.75) is 58.0 Å². The largest absolute Gasteiger partial charge is 0.416 e. The maximum absolute atomic E-state index is 13.9. The number of amides is 3. The lowest BCUT2D eigenvalue weighted by Gasteiger charge is -2.36. The predicted molar refractivity (Wildman–Crippen MR) is 210 cm³/mol. The van der Waals surface area contributed by atoms with E-state index in [-0.39, 0.29) is 48.0 Å². The van der Waals surface area contributed by atoms with E-state index in [2.05, 4.69) is 30.8 Å². The Balaban J connectivity index is 0.882. The Morgan fingerprint density at radius 3 is 2.59 bits per heavy atom. The van der Waals surface area contributed by atoms with Crippen molar-refractivity contribution in [3.05, 3.63) is 125 Å². The summed E-state index contributed by atoms with van der Waals surface area (Å²) in [6, 6.07) is 14.7. The molecule has 17 heteroatoms. The number of pyridine rings is 1. The van der Waals surface area contributed by atoms with Crippen LogP contribution in [0.1, 0.15) is 44.4 Å². The summed E-state index contributed by atoms with van der Waals surface area (Å²) < 4.78 is 82.9. The molecule has 8 rings (SSSR count). The molecule has 4 aliphatic rings. The first-order valence-corrected chi connectivity index (χ1v) is 18.9. The highest BCUT2D eigenvalue weighted by Gasteiger charge is 2.45. The zero-order valence-corrected chi connectivity index (χ0v) is 31.8. The molecule has 11 nitrogen and oxygen atoms in total. The molecule has 0 radical (unpaired) electrons. The summed E-state index contributed by atoms with van der Waals surface area (Å²) in [5.41, 5.74) is 3.97. The average Bonchev–Trinajstić information content (AvgIpc) is 4.00. The number of nitrogens with one attached hydrogen (secondary N) is 2. The molecule has 304 valence electrons. The lowest BCUT2D eigenvalue weighted by Crippen LogP contribution is -2.48. The van der Waals surface area contributed by atoms with Crippen molar-refractivity contribution in [3.8, 4) is 16.9 Å². The molecule has 0 saturated carbocycles. The van der Waals surface area contributed by atoms with Gasteiger partial charge in [-0.15, -0.1) is 5.10 Å². The molecule has 1 unspecified atom stereocenters. The second kappa shape index (κ2) is 15.3.